The molecule has 5 aliphatic carbocycles. The molecule has 0 aromatic carbocycles. The lowest BCUT2D eigenvalue weighted by Crippen LogP contribution is -2.56. The van der Waals surface area contributed by atoms with Gasteiger partial charge < -0.3 is 29.5 Å². The van der Waals surface area contributed by atoms with Crippen LogP contribution in [-0.4, -0.2) is 88.4 Å². The minimum absolute atomic E-state index is 0. The molecule has 7 aliphatic rings. The summed E-state index contributed by atoms with van der Waals surface area (Å²) in [6, 6.07) is 0. The largest absolute Gasteiger partial charge is 0.389 e. The number of β-amino-alcohol motifs (C(OH)–C–C–N with tert-alkyl or cyclic N) is 1. The molecule has 0 aromatic heterocycles. The van der Waals surface area contributed by atoms with Crippen LogP contribution in [0.15, 0.2) is 0 Å². The molecular formula is C36H63NO6. The van der Waals surface area contributed by atoms with E-state index in [0.717, 1.165) is 44.7 Å². The molecular weight excluding hydrogens is 542 g/mol. The average molecular weight is 606 g/mol. The van der Waals surface area contributed by atoms with Crippen LogP contribution in [0, 0.1) is 45.3 Å². The van der Waals surface area contributed by atoms with Gasteiger partial charge in [-0.1, -0.05) is 20.8 Å². The molecule has 7 rings (SSSR count). The van der Waals surface area contributed by atoms with Crippen molar-refractivity contribution in [3.8, 4) is 0 Å². The number of rotatable bonds is 6. The second-order valence-electron chi connectivity index (χ2n) is 18.4. The third-order valence-corrected chi connectivity index (χ3v) is 14.7. The number of hydrogen-bond donors (Lipinski definition) is 3. The smallest absolute Gasteiger partial charge is 0.170 e. The highest BCUT2D eigenvalue weighted by Gasteiger charge is 2.80. The maximum atomic E-state index is 10.8. The Morgan fingerprint density at radius 1 is 0.930 bits per heavy atom. The molecule has 5 saturated carbocycles. The third kappa shape index (κ3) is 4.83. The second kappa shape index (κ2) is 10.1. The van der Waals surface area contributed by atoms with E-state index < -0.39 is 17.3 Å². The molecule has 248 valence electrons. The second-order valence-corrected chi connectivity index (χ2v) is 18.4. The Bertz CT molecular complexity index is 1070. The van der Waals surface area contributed by atoms with E-state index >= 15 is 0 Å². The molecule has 10 unspecified atom stereocenters. The first-order chi connectivity index (χ1) is 20.0. The number of fused-ring (bicyclic) bond motifs is 4. The van der Waals surface area contributed by atoms with Crippen molar-refractivity contribution >= 4 is 0 Å². The summed E-state index contributed by atoms with van der Waals surface area (Å²) in [7, 11) is 0. The fourth-order valence-electron chi connectivity index (χ4n) is 12.8. The molecule has 3 N–H and O–H groups in total. The highest BCUT2D eigenvalue weighted by Crippen LogP contribution is 2.87. The first-order valence-electron chi connectivity index (χ1n) is 17.8. The van der Waals surface area contributed by atoms with Gasteiger partial charge in [0.05, 0.1) is 36.1 Å². The van der Waals surface area contributed by atoms with Gasteiger partial charge in [-0.2, -0.15) is 0 Å². The number of morpholine rings is 1. The third-order valence-electron chi connectivity index (χ3n) is 14.7. The summed E-state index contributed by atoms with van der Waals surface area (Å²) < 4.78 is 19.7. The monoisotopic (exact) mass is 605 g/mol. The summed E-state index contributed by atoms with van der Waals surface area (Å²) in [6.07, 6.45) is 11.4. The molecule has 7 heteroatoms. The number of aliphatic hydroxyl groups excluding tert-OH is 1. The van der Waals surface area contributed by atoms with Crippen LogP contribution < -0.4 is 0 Å². The first-order valence-corrected chi connectivity index (χ1v) is 17.8. The van der Waals surface area contributed by atoms with Gasteiger partial charge in [-0.3, -0.25) is 4.90 Å². The van der Waals surface area contributed by atoms with Crippen molar-refractivity contribution in [3.63, 3.8) is 0 Å². The van der Waals surface area contributed by atoms with Crippen LogP contribution in [-0.2, 0) is 14.2 Å². The summed E-state index contributed by atoms with van der Waals surface area (Å²) in [4.78, 5) is 2.29. The molecule has 12 atom stereocenters. The summed E-state index contributed by atoms with van der Waals surface area (Å²) >= 11 is 0. The quantitative estimate of drug-likeness (QED) is 0.374. The number of nitrogens with zero attached hydrogens (tertiary/aromatic N) is 1. The van der Waals surface area contributed by atoms with Crippen LogP contribution in [0.3, 0.4) is 0 Å². The SMILES string of the molecule is CC(C)(O)CN1CCOC(O[C@H]2CCC34CC35CCC3(C)C6CCC([C@H](O)C(C)(C)O)OC6CC3C5CCC4C2(C)C)C1.[HH]. The van der Waals surface area contributed by atoms with E-state index in [1.54, 1.807) is 13.8 Å². The van der Waals surface area contributed by atoms with E-state index in [9.17, 15) is 15.3 Å². The zero-order valence-corrected chi connectivity index (χ0v) is 28.1. The van der Waals surface area contributed by atoms with Crippen LogP contribution in [0.25, 0.3) is 0 Å². The zero-order valence-electron chi connectivity index (χ0n) is 28.1. The zero-order chi connectivity index (χ0) is 30.8. The van der Waals surface area contributed by atoms with Crippen molar-refractivity contribution in [2.75, 3.05) is 26.2 Å². The van der Waals surface area contributed by atoms with E-state index in [1.165, 1.54) is 38.5 Å². The van der Waals surface area contributed by atoms with Gasteiger partial charge in [0, 0.05) is 21.1 Å². The van der Waals surface area contributed by atoms with Crippen molar-refractivity contribution in [1.29, 1.82) is 0 Å². The van der Waals surface area contributed by atoms with Crippen LogP contribution >= 0.6 is 0 Å². The molecule has 2 heterocycles. The Morgan fingerprint density at radius 2 is 1.67 bits per heavy atom. The highest BCUT2D eigenvalue weighted by atomic mass is 16.7. The van der Waals surface area contributed by atoms with Gasteiger partial charge in [-0.15, -0.1) is 0 Å². The summed E-state index contributed by atoms with van der Waals surface area (Å²) in [6.45, 7) is 17.6. The lowest BCUT2D eigenvalue weighted by Gasteiger charge is -2.60. The Morgan fingerprint density at radius 3 is 2.40 bits per heavy atom. The maximum absolute atomic E-state index is 10.8. The van der Waals surface area contributed by atoms with Crippen LogP contribution in [0.1, 0.15) is 114 Å². The summed E-state index contributed by atoms with van der Waals surface area (Å²) in [5, 5.41) is 31.7. The fourth-order valence-corrected chi connectivity index (χ4v) is 12.8. The van der Waals surface area contributed by atoms with Crippen molar-refractivity contribution in [1.82, 2.24) is 4.90 Å². The number of hydrogen-bond acceptors (Lipinski definition) is 7. The molecule has 0 bridgehead atoms. The summed E-state index contributed by atoms with van der Waals surface area (Å²) in [5.74, 6) is 2.78. The molecule has 43 heavy (non-hydrogen) atoms. The van der Waals surface area contributed by atoms with Crippen molar-refractivity contribution < 1.29 is 31.0 Å². The van der Waals surface area contributed by atoms with Gasteiger partial charge in [-0.25, -0.2) is 0 Å². The van der Waals surface area contributed by atoms with Gasteiger partial charge in [0.15, 0.2) is 6.29 Å². The van der Waals surface area contributed by atoms with Gasteiger partial charge in [-0.05, 0) is 137 Å². The van der Waals surface area contributed by atoms with Crippen LogP contribution in [0.2, 0.25) is 0 Å². The van der Waals surface area contributed by atoms with E-state index in [4.69, 9.17) is 14.2 Å². The molecule has 0 aromatic rings. The lowest BCUT2D eigenvalue weighted by atomic mass is 9.46. The molecule has 0 radical (unpaired) electrons. The predicted molar refractivity (Wildman–Crippen MR) is 167 cm³/mol. The van der Waals surface area contributed by atoms with Crippen LogP contribution in [0.4, 0.5) is 0 Å². The van der Waals surface area contributed by atoms with Gasteiger partial charge in [0.25, 0.3) is 0 Å². The van der Waals surface area contributed by atoms with E-state index in [-0.39, 0.29) is 31.4 Å². The van der Waals surface area contributed by atoms with Crippen molar-refractivity contribution in [2.45, 2.75) is 155 Å². The Kier molecular flexibility index (Phi) is 7.37. The maximum Gasteiger partial charge on any atom is 0.170 e. The highest BCUT2D eigenvalue weighted by molar-refractivity contribution is 5.29. The Balaban J connectivity index is 0.00000343. The predicted octanol–water partition coefficient (Wildman–Crippen LogP) is 5.39. The molecule has 2 aliphatic heterocycles. The normalized spacial score (nSPS) is 50.1. The number of aliphatic hydroxyl groups is 3. The fraction of sp³-hybridized carbons (Fsp3) is 1.00. The molecule has 7 fully saturated rings. The minimum atomic E-state index is -1.14. The van der Waals surface area contributed by atoms with Crippen molar-refractivity contribution in [2.24, 2.45) is 45.3 Å². The van der Waals surface area contributed by atoms with Gasteiger partial charge >= 0.3 is 0 Å². The van der Waals surface area contributed by atoms with Crippen molar-refractivity contribution in [3.05, 3.63) is 0 Å². The minimum Gasteiger partial charge on any atom is -0.389 e. The first kappa shape index (κ1) is 31.3. The van der Waals surface area contributed by atoms with E-state index in [1.807, 2.05) is 13.8 Å². The van der Waals surface area contributed by atoms with E-state index in [2.05, 4.69) is 25.7 Å². The van der Waals surface area contributed by atoms with Gasteiger partial charge in [0.1, 0.15) is 6.10 Å². The lowest BCUT2D eigenvalue weighted by molar-refractivity contribution is -0.247. The van der Waals surface area contributed by atoms with Gasteiger partial charge in [0.2, 0.25) is 0 Å². The van der Waals surface area contributed by atoms with Crippen LogP contribution in [0.5, 0.6) is 0 Å². The standard InChI is InChI=1S/C36H61NO6.H2/c1-31(2,39)21-37-16-17-41-29(19-37)43-28-12-13-36-20-35(36)15-14-34(7)23-8-10-25(30(38)33(5,6)40)42-26(23)18-24(34)22(35)9-11-27(36)32(28,3)4;/h22-30,38-40H,8-21H2,1-7H3;1H/t22?,23?,24?,25?,26?,27?,28-,29?,30-,34?,35?,36?;/m0./s1. The summed E-state index contributed by atoms with van der Waals surface area (Å²) in [5.41, 5.74) is -0.435. The molecule has 7 nitrogen and oxygen atoms in total. The Hall–Kier alpha value is -0.280. The average Bonchev–Trinajstić information content (AvgIpc) is 3.48. The molecule has 2 saturated heterocycles. The number of ether oxygens (including phenoxy) is 3. The molecule has 2 spiro atoms. The van der Waals surface area contributed by atoms with E-state index in [0.29, 0.717) is 47.2 Å². The topological polar surface area (TPSA) is 91.6 Å². The molecule has 0 amide bonds. The Labute approximate surface area is 261 Å².